The fourth-order valence-electron chi connectivity index (χ4n) is 7.45. The summed E-state index contributed by atoms with van der Waals surface area (Å²) in [6.45, 7) is 0. The van der Waals surface area contributed by atoms with E-state index in [0.29, 0.717) is 5.82 Å². The molecule has 44 heavy (non-hydrogen) atoms. The van der Waals surface area contributed by atoms with Crippen LogP contribution in [0.4, 0.5) is 0 Å². The van der Waals surface area contributed by atoms with Crippen LogP contribution < -0.4 is 0 Å². The maximum atomic E-state index is 9.73. The zero-order valence-electron chi connectivity index (χ0n) is 24.5. The van der Waals surface area contributed by atoms with E-state index in [2.05, 4.69) is 91.0 Å². The molecule has 8 rings (SSSR count). The van der Waals surface area contributed by atoms with Crippen LogP contribution in [-0.4, -0.2) is 9.97 Å². The third-order valence-corrected chi connectivity index (χ3v) is 9.54. The molecule has 2 aliphatic carbocycles. The Bertz CT molecular complexity index is 1990. The minimum absolute atomic E-state index is 0.00549. The summed E-state index contributed by atoms with van der Waals surface area (Å²) in [6.07, 6.45) is 6.00. The number of nitrogens with zero attached hydrogens (tertiary/aromatic N) is 3. The lowest BCUT2D eigenvalue weighted by Gasteiger charge is -2.36. The van der Waals surface area contributed by atoms with Crippen molar-refractivity contribution in [1.29, 1.82) is 5.26 Å². The predicted octanol–water partition coefficient (Wildman–Crippen LogP) is 10.2. The lowest BCUT2D eigenvalue weighted by molar-refractivity contribution is 0.353. The minimum atomic E-state index is 0.00549. The molecule has 210 valence electrons. The van der Waals surface area contributed by atoms with Crippen LogP contribution in [0.2, 0.25) is 0 Å². The summed E-state index contributed by atoms with van der Waals surface area (Å²) < 4.78 is 0. The number of benzene rings is 5. The Morgan fingerprint density at radius 1 is 0.500 bits per heavy atom. The first kappa shape index (κ1) is 26.3. The Morgan fingerprint density at radius 3 is 1.80 bits per heavy atom. The molecule has 0 atom stereocenters. The monoisotopic (exact) mass is 565 g/mol. The Balaban J connectivity index is 1.30. The van der Waals surface area contributed by atoms with Gasteiger partial charge in [-0.15, -0.1) is 0 Å². The van der Waals surface area contributed by atoms with Crippen LogP contribution in [0.15, 0.2) is 127 Å². The van der Waals surface area contributed by atoms with Crippen LogP contribution in [0.5, 0.6) is 0 Å². The van der Waals surface area contributed by atoms with Gasteiger partial charge < -0.3 is 0 Å². The molecule has 5 aromatic carbocycles. The zero-order valence-corrected chi connectivity index (χ0v) is 24.5. The molecule has 1 spiro atoms. The van der Waals surface area contributed by atoms with Crippen molar-refractivity contribution >= 4 is 0 Å². The molecule has 1 fully saturated rings. The van der Waals surface area contributed by atoms with E-state index in [1.165, 1.54) is 41.5 Å². The van der Waals surface area contributed by atoms with Crippen molar-refractivity contribution in [1.82, 2.24) is 9.97 Å². The van der Waals surface area contributed by atoms with E-state index in [1.807, 2.05) is 42.5 Å². The molecule has 2 aliphatic rings. The highest BCUT2D eigenvalue weighted by Gasteiger charge is 2.44. The van der Waals surface area contributed by atoms with Gasteiger partial charge in [0.2, 0.25) is 0 Å². The van der Waals surface area contributed by atoms with Gasteiger partial charge in [0, 0.05) is 22.1 Å². The Morgan fingerprint density at radius 2 is 1.14 bits per heavy atom. The van der Waals surface area contributed by atoms with Crippen molar-refractivity contribution in [2.75, 3.05) is 0 Å². The molecule has 0 aliphatic heterocycles. The Labute approximate surface area is 258 Å². The smallest absolute Gasteiger partial charge is 0.161 e. The van der Waals surface area contributed by atoms with Crippen LogP contribution in [0.25, 0.3) is 56.2 Å². The van der Waals surface area contributed by atoms with Gasteiger partial charge in [0.15, 0.2) is 5.82 Å². The highest BCUT2D eigenvalue weighted by Crippen LogP contribution is 2.56. The normalized spacial score (nSPS) is 14.5. The van der Waals surface area contributed by atoms with Gasteiger partial charge in [-0.25, -0.2) is 9.97 Å². The van der Waals surface area contributed by atoms with Crippen molar-refractivity contribution in [2.45, 2.75) is 37.5 Å². The first-order valence-corrected chi connectivity index (χ1v) is 15.5. The van der Waals surface area contributed by atoms with Crippen molar-refractivity contribution in [2.24, 2.45) is 0 Å². The van der Waals surface area contributed by atoms with Gasteiger partial charge in [0.25, 0.3) is 0 Å². The second-order valence-electron chi connectivity index (χ2n) is 12.0. The largest absolute Gasteiger partial charge is 0.228 e. The van der Waals surface area contributed by atoms with Crippen molar-refractivity contribution in [3.8, 4) is 62.2 Å². The van der Waals surface area contributed by atoms with Crippen LogP contribution in [0.3, 0.4) is 0 Å². The highest BCUT2D eigenvalue weighted by molar-refractivity contribution is 5.89. The molecule has 0 radical (unpaired) electrons. The van der Waals surface area contributed by atoms with Crippen LogP contribution in [0, 0.1) is 11.3 Å². The molecular formula is C41H31N3. The lowest BCUT2D eigenvalue weighted by atomic mass is 9.67. The molecule has 6 aromatic rings. The number of fused-ring (bicyclic) bond motifs is 5. The van der Waals surface area contributed by atoms with E-state index < -0.39 is 0 Å². The summed E-state index contributed by atoms with van der Waals surface area (Å²) in [5.74, 6) is 0.712. The number of aromatic nitrogens is 2. The molecule has 3 nitrogen and oxygen atoms in total. The molecule has 0 bridgehead atoms. The maximum absolute atomic E-state index is 9.73. The summed E-state index contributed by atoms with van der Waals surface area (Å²) in [7, 11) is 0. The molecular weight excluding hydrogens is 534 g/mol. The zero-order chi connectivity index (χ0) is 29.5. The number of rotatable bonds is 4. The predicted molar refractivity (Wildman–Crippen MR) is 178 cm³/mol. The summed E-state index contributed by atoms with van der Waals surface area (Å²) in [6, 6.07) is 46.9. The fraction of sp³-hybridized carbons (Fsp3) is 0.146. The molecule has 1 aromatic heterocycles. The van der Waals surface area contributed by atoms with E-state index in [1.54, 1.807) is 0 Å². The van der Waals surface area contributed by atoms with E-state index in [-0.39, 0.29) is 5.41 Å². The second-order valence-corrected chi connectivity index (χ2v) is 12.0. The number of hydrogen-bond acceptors (Lipinski definition) is 3. The van der Waals surface area contributed by atoms with E-state index in [4.69, 9.17) is 9.97 Å². The average molecular weight is 566 g/mol. The van der Waals surface area contributed by atoms with Crippen molar-refractivity contribution in [3.63, 3.8) is 0 Å². The quantitative estimate of drug-likeness (QED) is 0.214. The summed E-state index contributed by atoms with van der Waals surface area (Å²) in [5.41, 5.74) is 13.3. The van der Waals surface area contributed by atoms with Crippen LogP contribution in [0.1, 0.15) is 48.8 Å². The van der Waals surface area contributed by atoms with Gasteiger partial charge >= 0.3 is 0 Å². The highest BCUT2D eigenvalue weighted by atomic mass is 14.9. The fourth-order valence-corrected chi connectivity index (χ4v) is 7.45. The van der Waals surface area contributed by atoms with Crippen LogP contribution >= 0.6 is 0 Å². The molecule has 1 saturated carbocycles. The Kier molecular flexibility index (Phi) is 6.42. The number of nitriles is 1. The lowest BCUT2D eigenvalue weighted by Crippen LogP contribution is -2.28. The topological polar surface area (TPSA) is 49.6 Å². The third kappa shape index (κ3) is 4.34. The van der Waals surface area contributed by atoms with E-state index in [0.717, 1.165) is 57.6 Å². The van der Waals surface area contributed by atoms with Gasteiger partial charge in [-0.3, -0.25) is 0 Å². The molecule has 0 saturated heterocycles. The van der Waals surface area contributed by atoms with Crippen LogP contribution in [-0.2, 0) is 5.41 Å². The minimum Gasteiger partial charge on any atom is -0.228 e. The van der Waals surface area contributed by atoms with Gasteiger partial charge in [-0.2, -0.15) is 5.26 Å². The number of hydrogen-bond donors (Lipinski definition) is 0. The van der Waals surface area contributed by atoms with Gasteiger partial charge in [-0.1, -0.05) is 122 Å². The second kappa shape index (κ2) is 10.7. The SMILES string of the molecule is N#Cc1ccc2c(c1)C1(CCCCC1)c1ccc(-c3ccccc3-c3nc(-c4ccccc4)cc(-c4ccccc4)n3)cc1-2. The summed E-state index contributed by atoms with van der Waals surface area (Å²) >= 11 is 0. The van der Waals surface area contributed by atoms with Crippen molar-refractivity contribution < 1.29 is 0 Å². The maximum Gasteiger partial charge on any atom is 0.161 e. The standard InChI is InChI=1S/C41H31N3/c42-27-28-18-20-33-35-25-31(19-21-36(35)41(37(33)24-28)22-10-3-11-23-41)32-16-8-9-17-34(32)40-43-38(29-12-4-1-5-13-29)26-39(44-40)30-14-6-2-7-15-30/h1-2,4-9,12-21,24-26H,3,10-11,22-23H2. The van der Waals surface area contributed by atoms with E-state index >= 15 is 0 Å². The first-order chi connectivity index (χ1) is 21.7. The molecule has 0 unspecified atom stereocenters. The van der Waals surface area contributed by atoms with Gasteiger partial charge in [0.1, 0.15) is 0 Å². The molecule has 1 heterocycles. The molecule has 3 heteroatoms. The summed E-state index contributed by atoms with van der Waals surface area (Å²) in [4.78, 5) is 10.3. The summed E-state index contributed by atoms with van der Waals surface area (Å²) in [5, 5.41) is 9.73. The molecule has 0 N–H and O–H groups in total. The van der Waals surface area contributed by atoms with Crippen molar-refractivity contribution in [3.05, 3.63) is 144 Å². The average Bonchev–Trinajstić information content (AvgIpc) is 3.36. The van der Waals surface area contributed by atoms with E-state index in [9.17, 15) is 5.26 Å². The first-order valence-electron chi connectivity index (χ1n) is 15.5. The Hall–Kier alpha value is -5.33. The molecule has 0 amide bonds. The van der Waals surface area contributed by atoms with Gasteiger partial charge in [-0.05, 0) is 70.5 Å². The third-order valence-electron chi connectivity index (χ3n) is 9.54. The van der Waals surface area contributed by atoms with Gasteiger partial charge in [0.05, 0.1) is 23.0 Å².